The van der Waals surface area contributed by atoms with Crippen LogP contribution in [-0.4, -0.2) is 19.9 Å². The molecule has 1 aromatic rings. The van der Waals surface area contributed by atoms with Crippen LogP contribution in [0.2, 0.25) is 0 Å². The van der Waals surface area contributed by atoms with Crippen molar-refractivity contribution in [3.05, 3.63) is 22.9 Å². The lowest BCUT2D eigenvalue weighted by Gasteiger charge is -2.26. The summed E-state index contributed by atoms with van der Waals surface area (Å²) in [4.78, 5) is 4.10. The number of pyridine rings is 1. The molecule has 1 aromatic heterocycles. The molecule has 4 nitrogen and oxygen atoms in total. The fourth-order valence-corrected chi connectivity index (χ4v) is 4.19. The summed E-state index contributed by atoms with van der Waals surface area (Å²) in [7, 11) is -3.44. The molecule has 0 bridgehead atoms. The van der Waals surface area contributed by atoms with Crippen LogP contribution in [0.4, 0.5) is 0 Å². The quantitative estimate of drug-likeness (QED) is 0.875. The number of aromatic nitrogens is 1. The average molecular weight is 361 g/mol. The van der Waals surface area contributed by atoms with Gasteiger partial charge in [-0.05, 0) is 40.3 Å². The summed E-state index contributed by atoms with van der Waals surface area (Å²) in [6, 6.07) is 1.57. The summed E-state index contributed by atoms with van der Waals surface area (Å²) >= 11 is 3.24. The zero-order chi connectivity index (χ0) is 14.6. The molecule has 20 heavy (non-hydrogen) atoms. The monoisotopic (exact) mass is 360 g/mol. The second-order valence-electron chi connectivity index (χ2n) is 5.65. The molecule has 1 heterocycles. The summed E-state index contributed by atoms with van der Waals surface area (Å²) in [5.41, 5.74) is 0. The van der Waals surface area contributed by atoms with Gasteiger partial charge in [0.15, 0.2) is 0 Å². The van der Waals surface area contributed by atoms with Crippen LogP contribution in [0.3, 0.4) is 0 Å². The van der Waals surface area contributed by atoms with E-state index in [1.807, 2.05) is 0 Å². The lowest BCUT2D eigenvalue weighted by Crippen LogP contribution is -2.27. The predicted molar refractivity (Wildman–Crippen MR) is 82.9 cm³/mol. The number of halogens is 1. The zero-order valence-corrected chi connectivity index (χ0v) is 14.1. The highest BCUT2D eigenvalue weighted by Gasteiger charge is 2.19. The Hall–Kier alpha value is -0.460. The van der Waals surface area contributed by atoms with Crippen molar-refractivity contribution in [2.45, 2.75) is 43.9 Å². The number of hydrogen-bond donors (Lipinski definition) is 1. The van der Waals surface area contributed by atoms with Gasteiger partial charge in [-0.3, -0.25) is 4.98 Å². The van der Waals surface area contributed by atoms with Crippen LogP contribution in [0, 0.1) is 11.8 Å². The number of rotatable bonds is 5. The zero-order valence-electron chi connectivity index (χ0n) is 11.7. The van der Waals surface area contributed by atoms with Gasteiger partial charge in [0.25, 0.3) is 0 Å². The highest BCUT2D eigenvalue weighted by molar-refractivity contribution is 9.10. The molecule has 1 saturated carbocycles. The van der Waals surface area contributed by atoms with Crippen molar-refractivity contribution in [2.24, 2.45) is 11.8 Å². The van der Waals surface area contributed by atoms with Gasteiger partial charge in [0, 0.05) is 23.4 Å². The van der Waals surface area contributed by atoms with Crippen molar-refractivity contribution in [3.8, 4) is 0 Å². The lowest BCUT2D eigenvalue weighted by atomic mass is 9.81. The molecular formula is C14H21BrN2O2S. The topological polar surface area (TPSA) is 59.1 Å². The maximum absolute atomic E-state index is 12.1. The first-order valence-electron chi connectivity index (χ1n) is 7.07. The van der Waals surface area contributed by atoms with Gasteiger partial charge >= 0.3 is 0 Å². The van der Waals surface area contributed by atoms with E-state index in [1.165, 1.54) is 31.9 Å². The number of nitrogens with zero attached hydrogens (tertiary/aromatic N) is 1. The van der Waals surface area contributed by atoms with Crippen molar-refractivity contribution < 1.29 is 8.42 Å². The molecule has 0 aliphatic heterocycles. The van der Waals surface area contributed by atoms with Gasteiger partial charge in [-0.15, -0.1) is 0 Å². The number of nitrogens with one attached hydrogen (secondary N) is 1. The van der Waals surface area contributed by atoms with Gasteiger partial charge in [0.2, 0.25) is 10.0 Å². The normalized spacial score (nSPS) is 23.7. The van der Waals surface area contributed by atoms with Crippen molar-refractivity contribution >= 4 is 26.0 Å². The summed E-state index contributed by atoms with van der Waals surface area (Å²) in [5, 5.41) is 0. The van der Waals surface area contributed by atoms with Crippen LogP contribution in [0.5, 0.6) is 0 Å². The maximum Gasteiger partial charge on any atom is 0.242 e. The molecule has 0 saturated heterocycles. The molecule has 1 fully saturated rings. The minimum Gasteiger partial charge on any atom is -0.262 e. The number of hydrogen-bond acceptors (Lipinski definition) is 3. The van der Waals surface area contributed by atoms with E-state index in [9.17, 15) is 8.42 Å². The maximum atomic E-state index is 12.1. The van der Waals surface area contributed by atoms with Crippen LogP contribution in [0.15, 0.2) is 27.8 Å². The van der Waals surface area contributed by atoms with E-state index in [2.05, 4.69) is 32.6 Å². The molecular weight excluding hydrogens is 340 g/mol. The van der Waals surface area contributed by atoms with Crippen LogP contribution in [0.25, 0.3) is 0 Å². The Morgan fingerprint density at radius 3 is 2.65 bits per heavy atom. The minimum atomic E-state index is -3.44. The summed E-state index contributed by atoms with van der Waals surface area (Å²) in [6.07, 6.45) is 8.85. The molecule has 112 valence electrons. The number of sulfonamides is 1. The van der Waals surface area contributed by atoms with Crippen molar-refractivity contribution in [1.29, 1.82) is 0 Å². The minimum absolute atomic E-state index is 0.212. The first kappa shape index (κ1) is 15.9. The standard InChI is InChI=1S/C14H21BrN2O2S/c1-11-2-4-12(5-3-11)6-7-17-20(18,19)14-8-13(15)9-16-10-14/h8-12,17H,2-7H2,1H3. The molecule has 2 rings (SSSR count). The summed E-state index contributed by atoms with van der Waals surface area (Å²) in [5.74, 6) is 1.49. The van der Waals surface area contributed by atoms with Crippen LogP contribution in [0.1, 0.15) is 39.0 Å². The average Bonchev–Trinajstić information content (AvgIpc) is 2.41. The van der Waals surface area contributed by atoms with Crippen LogP contribution in [-0.2, 0) is 10.0 Å². The second-order valence-corrected chi connectivity index (χ2v) is 8.33. The molecule has 1 aliphatic rings. The first-order chi connectivity index (χ1) is 9.47. The van der Waals surface area contributed by atoms with Crippen molar-refractivity contribution in [1.82, 2.24) is 9.71 Å². The van der Waals surface area contributed by atoms with Gasteiger partial charge in [0.05, 0.1) is 0 Å². The van der Waals surface area contributed by atoms with E-state index in [0.717, 1.165) is 12.3 Å². The van der Waals surface area contributed by atoms with Crippen LogP contribution < -0.4 is 4.72 Å². The van der Waals surface area contributed by atoms with Gasteiger partial charge < -0.3 is 0 Å². The predicted octanol–water partition coefficient (Wildman–Crippen LogP) is 3.34. The lowest BCUT2D eigenvalue weighted by molar-refractivity contribution is 0.278. The van der Waals surface area contributed by atoms with E-state index in [0.29, 0.717) is 16.9 Å². The van der Waals surface area contributed by atoms with Crippen LogP contribution >= 0.6 is 15.9 Å². The van der Waals surface area contributed by atoms with Crippen molar-refractivity contribution in [2.75, 3.05) is 6.54 Å². The van der Waals surface area contributed by atoms with Gasteiger partial charge in [-0.25, -0.2) is 13.1 Å². The molecule has 0 aromatic carbocycles. The molecule has 6 heteroatoms. The fourth-order valence-electron chi connectivity index (χ4n) is 2.64. The molecule has 1 aliphatic carbocycles. The Morgan fingerprint density at radius 2 is 2.00 bits per heavy atom. The Bertz CT molecular complexity index is 540. The smallest absolute Gasteiger partial charge is 0.242 e. The Labute approximate surface area is 129 Å². The largest absolute Gasteiger partial charge is 0.262 e. The van der Waals surface area contributed by atoms with E-state index < -0.39 is 10.0 Å². The summed E-state index contributed by atoms with van der Waals surface area (Å²) < 4.78 is 27.6. The third-order valence-electron chi connectivity index (χ3n) is 3.97. The van der Waals surface area contributed by atoms with Gasteiger partial charge in [0.1, 0.15) is 4.90 Å². The Balaban J connectivity index is 1.84. The molecule has 0 spiro atoms. The molecule has 0 amide bonds. The molecule has 0 atom stereocenters. The third-order valence-corrected chi connectivity index (χ3v) is 5.83. The SMILES string of the molecule is CC1CCC(CCNS(=O)(=O)c2cncc(Br)c2)CC1. The van der Waals surface area contributed by atoms with E-state index >= 15 is 0 Å². The highest BCUT2D eigenvalue weighted by atomic mass is 79.9. The molecule has 0 unspecified atom stereocenters. The summed E-state index contributed by atoms with van der Waals surface area (Å²) in [6.45, 7) is 2.80. The van der Waals surface area contributed by atoms with Gasteiger partial charge in [-0.1, -0.05) is 32.6 Å². The van der Waals surface area contributed by atoms with Crippen molar-refractivity contribution in [3.63, 3.8) is 0 Å². The van der Waals surface area contributed by atoms with E-state index in [1.54, 1.807) is 12.3 Å². The van der Waals surface area contributed by atoms with E-state index in [4.69, 9.17) is 0 Å². The second kappa shape index (κ2) is 7.00. The Kier molecular flexibility index (Phi) is 5.57. The highest BCUT2D eigenvalue weighted by Crippen LogP contribution is 2.30. The Morgan fingerprint density at radius 1 is 1.30 bits per heavy atom. The third kappa shape index (κ3) is 4.53. The van der Waals surface area contributed by atoms with Gasteiger partial charge in [-0.2, -0.15) is 0 Å². The molecule has 1 N–H and O–H groups in total. The first-order valence-corrected chi connectivity index (χ1v) is 9.35. The fraction of sp³-hybridized carbons (Fsp3) is 0.643. The molecule has 0 radical (unpaired) electrons. The van der Waals surface area contributed by atoms with E-state index in [-0.39, 0.29) is 4.90 Å².